The average Bonchev–Trinajstić information content (AvgIpc) is 2.44. The van der Waals surface area contributed by atoms with Gasteiger partial charge in [0.15, 0.2) is 0 Å². The van der Waals surface area contributed by atoms with Gasteiger partial charge in [0, 0.05) is 18.2 Å². The van der Waals surface area contributed by atoms with Crippen molar-refractivity contribution in [2.45, 2.75) is 33.6 Å². The monoisotopic (exact) mass is 276 g/mol. The molecule has 2 aromatic rings. The van der Waals surface area contributed by atoms with Crippen LogP contribution in [0, 0.1) is 5.82 Å². The highest BCUT2D eigenvalue weighted by Crippen LogP contribution is 2.25. The summed E-state index contributed by atoms with van der Waals surface area (Å²) in [7, 11) is 1.63. The van der Waals surface area contributed by atoms with E-state index in [-0.39, 0.29) is 17.3 Å². The third-order valence-corrected chi connectivity index (χ3v) is 2.91. The second-order valence-corrected chi connectivity index (χ2v) is 4.56. The number of halogens is 1. The topological polar surface area (TPSA) is 34.9 Å². The van der Waals surface area contributed by atoms with Crippen molar-refractivity contribution in [3.8, 4) is 11.1 Å². The van der Waals surface area contributed by atoms with Gasteiger partial charge in [-0.05, 0) is 23.6 Å². The van der Waals surface area contributed by atoms with Crippen LogP contribution in [-0.4, -0.2) is 9.78 Å². The Labute approximate surface area is 119 Å². The van der Waals surface area contributed by atoms with E-state index in [0.717, 1.165) is 11.1 Å². The standard InChI is InChI=1S/C14H15FN2O.C2H6/c1-9(2)13-12(8-16-17(3)14(13)18)10-4-6-11(15)7-5-10;1-2/h4-9H,1-3H3;1-2H3. The molecule has 0 N–H and O–H groups in total. The third-order valence-electron chi connectivity index (χ3n) is 2.91. The van der Waals surface area contributed by atoms with E-state index in [9.17, 15) is 9.18 Å². The van der Waals surface area contributed by atoms with Gasteiger partial charge in [0.2, 0.25) is 0 Å². The lowest BCUT2D eigenvalue weighted by molar-refractivity contribution is 0.628. The van der Waals surface area contributed by atoms with Crippen molar-refractivity contribution < 1.29 is 4.39 Å². The van der Waals surface area contributed by atoms with E-state index in [0.29, 0.717) is 5.56 Å². The number of rotatable bonds is 2. The lowest BCUT2D eigenvalue weighted by Gasteiger charge is -2.12. The molecular weight excluding hydrogens is 255 g/mol. The van der Waals surface area contributed by atoms with Gasteiger partial charge in [-0.25, -0.2) is 9.07 Å². The van der Waals surface area contributed by atoms with Gasteiger partial charge in [-0.1, -0.05) is 39.8 Å². The Morgan fingerprint density at radius 2 is 1.70 bits per heavy atom. The molecule has 0 aliphatic heterocycles. The zero-order chi connectivity index (χ0) is 15.3. The third kappa shape index (κ3) is 3.32. The van der Waals surface area contributed by atoms with Crippen molar-refractivity contribution in [2.75, 3.05) is 0 Å². The number of hydrogen-bond donors (Lipinski definition) is 0. The molecule has 1 heterocycles. The summed E-state index contributed by atoms with van der Waals surface area (Å²) in [5.74, 6) is -0.201. The smallest absolute Gasteiger partial charge is 0.267 e. The summed E-state index contributed by atoms with van der Waals surface area (Å²) in [5, 5.41) is 4.03. The molecule has 4 heteroatoms. The molecule has 0 unspecified atom stereocenters. The summed E-state index contributed by atoms with van der Waals surface area (Å²) in [6, 6.07) is 6.10. The summed E-state index contributed by atoms with van der Waals surface area (Å²) < 4.78 is 14.2. The van der Waals surface area contributed by atoms with Gasteiger partial charge in [0.25, 0.3) is 5.56 Å². The first-order valence-electron chi connectivity index (χ1n) is 6.83. The lowest BCUT2D eigenvalue weighted by Crippen LogP contribution is -2.24. The molecule has 1 aromatic heterocycles. The Bertz CT molecular complexity index is 615. The van der Waals surface area contributed by atoms with E-state index in [1.165, 1.54) is 16.8 Å². The number of nitrogens with zero attached hydrogens (tertiary/aromatic N) is 2. The van der Waals surface area contributed by atoms with Crippen molar-refractivity contribution in [3.05, 3.63) is 52.2 Å². The zero-order valence-electron chi connectivity index (χ0n) is 12.6. The first-order chi connectivity index (χ1) is 9.50. The zero-order valence-corrected chi connectivity index (χ0v) is 12.6. The van der Waals surface area contributed by atoms with Crippen LogP contribution >= 0.6 is 0 Å². The van der Waals surface area contributed by atoms with Gasteiger partial charge in [-0.2, -0.15) is 5.10 Å². The van der Waals surface area contributed by atoms with Gasteiger partial charge < -0.3 is 0 Å². The Morgan fingerprint density at radius 3 is 2.20 bits per heavy atom. The van der Waals surface area contributed by atoms with E-state index < -0.39 is 0 Å². The number of benzene rings is 1. The molecule has 0 saturated carbocycles. The maximum atomic E-state index is 12.9. The highest BCUT2D eigenvalue weighted by atomic mass is 19.1. The van der Waals surface area contributed by atoms with Crippen LogP contribution in [0.1, 0.15) is 39.2 Å². The molecule has 20 heavy (non-hydrogen) atoms. The van der Waals surface area contributed by atoms with Crippen LogP contribution in [-0.2, 0) is 7.05 Å². The van der Waals surface area contributed by atoms with E-state index in [1.54, 1.807) is 25.4 Å². The summed E-state index contributed by atoms with van der Waals surface area (Å²) >= 11 is 0. The molecule has 2 rings (SSSR count). The fourth-order valence-corrected chi connectivity index (χ4v) is 1.97. The fourth-order valence-electron chi connectivity index (χ4n) is 1.97. The van der Waals surface area contributed by atoms with Gasteiger partial charge >= 0.3 is 0 Å². The fraction of sp³-hybridized carbons (Fsp3) is 0.375. The van der Waals surface area contributed by atoms with Crippen LogP contribution in [0.4, 0.5) is 4.39 Å². The molecule has 3 nitrogen and oxygen atoms in total. The average molecular weight is 276 g/mol. The van der Waals surface area contributed by atoms with Gasteiger partial charge in [0.05, 0.1) is 6.20 Å². The Kier molecular flexibility index (Phi) is 5.62. The van der Waals surface area contributed by atoms with Gasteiger partial charge in [-0.15, -0.1) is 0 Å². The normalized spacial score (nSPS) is 10.2. The Morgan fingerprint density at radius 1 is 1.15 bits per heavy atom. The van der Waals surface area contributed by atoms with E-state index >= 15 is 0 Å². The minimum absolute atomic E-state index is 0.0896. The van der Waals surface area contributed by atoms with E-state index in [1.807, 2.05) is 27.7 Å². The van der Waals surface area contributed by atoms with Gasteiger partial charge in [0.1, 0.15) is 5.82 Å². The largest absolute Gasteiger partial charge is 0.270 e. The first kappa shape index (κ1) is 16.1. The molecule has 0 spiro atoms. The minimum Gasteiger partial charge on any atom is -0.267 e. The molecule has 0 aliphatic carbocycles. The number of aryl methyl sites for hydroxylation is 1. The predicted molar refractivity (Wildman–Crippen MR) is 80.3 cm³/mol. The van der Waals surface area contributed by atoms with Crippen molar-refractivity contribution in [1.82, 2.24) is 9.78 Å². The Hall–Kier alpha value is -1.97. The summed E-state index contributed by atoms with van der Waals surface area (Å²) in [5.41, 5.74) is 2.18. The highest BCUT2D eigenvalue weighted by molar-refractivity contribution is 5.66. The maximum absolute atomic E-state index is 12.9. The van der Waals surface area contributed by atoms with E-state index in [2.05, 4.69) is 5.10 Å². The van der Waals surface area contributed by atoms with Crippen molar-refractivity contribution >= 4 is 0 Å². The van der Waals surface area contributed by atoms with Crippen LogP contribution in [0.2, 0.25) is 0 Å². The molecule has 0 atom stereocenters. The van der Waals surface area contributed by atoms with Crippen LogP contribution < -0.4 is 5.56 Å². The van der Waals surface area contributed by atoms with Crippen molar-refractivity contribution in [3.63, 3.8) is 0 Å². The Balaban J connectivity index is 0.000000956. The molecule has 0 amide bonds. The van der Waals surface area contributed by atoms with Crippen LogP contribution in [0.3, 0.4) is 0 Å². The predicted octanol–water partition coefficient (Wildman–Crippen LogP) is 3.74. The molecule has 0 radical (unpaired) electrons. The molecule has 1 aromatic carbocycles. The highest BCUT2D eigenvalue weighted by Gasteiger charge is 2.14. The molecule has 108 valence electrons. The van der Waals surface area contributed by atoms with Crippen molar-refractivity contribution in [1.29, 1.82) is 0 Å². The molecule has 0 fully saturated rings. The van der Waals surface area contributed by atoms with E-state index in [4.69, 9.17) is 0 Å². The summed E-state index contributed by atoms with van der Waals surface area (Å²) in [6.45, 7) is 7.92. The van der Waals surface area contributed by atoms with Gasteiger partial charge in [-0.3, -0.25) is 4.79 Å². The lowest BCUT2D eigenvalue weighted by atomic mass is 9.95. The quantitative estimate of drug-likeness (QED) is 0.837. The maximum Gasteiger partial charge on any atom is 0.270 e. The minimum atomic E-state index is -0.290. The summed E-state index contributed by atoms with van der Waals surface area (Å²) in [4.78, 5) is 12.1. The second kappa shape index (κ2) is 6.98. The molecule has 0 aliphatic rings. The summed E-state index contributed by atoms with van der Waals surface area (Å²) in [6.07, 6.45) is 1.66. The van der Waals surface area contributed by atoms with Crippen LogP contribution in [0.5, 0.6) is 0 Å². The molecular formula is C16H21FN2O. The molecule has 0 saturated heterocycles. The van der Waals surface area contributed by atoms with Crippen LogP contribution in [0.25, 0.3) is 11.1 Å². The van der Waals surface area contributed by atoms with Crippen molar-refractivity contribution in [2.24, 2.45) is 7.05 Å². The number of hydrogen-bond acceptors (Lipinski definition) is 2. The first-order valence-corrected chi connectivity index (χ1v) is 6.83. The van der Waals surface area contributed by atoms with Crippen LogP contribution in [0.15, 0.2) is 35.3 Å². The number of aromatic nitrogens is 2. The SMILES string of the molecule is CC.CC(C)c1c(-c2ccc(F)cc2)cnn(C)c1=O. The molecule has 0 bridgehead atoms. The second-order valence-electron chi connectivity index (χ2n) is 4.56.